The van der Waals surface area contributed by atoms with Crippen molar-refractivity contribution < 1.29 is 14.3 Å². The molecule has 0 aromatic carbocycles. The average Bonchev–Trinajstić information content (AvgIpc) is 3.16. The van der Waals surface area contributed by atoms with Crippen LogP contribution in [0.5, 0.6) is 0 Å². The summed E-state index contributed by atoms with van der Waals surface area (Å²) in [5.41, 5.74) is 0.656. The molecule has 0 aliphatic heterocycles. The second kappa shape index (κ2) is 6.59. The summed E-state index contributed by atoms with van der Waals surface area (Å²) < 4.78 is 6.90. The van der Waals surface area contributed by atoms with Gasteiger partial charge in [-0.15, -0.1) is 0 Å². The van der Waals surface area contributed by atoms with Crippen molar-refractivity contribution in [2.75, 3.05) is 13.2 Å². The van der Waals surface area contributed by atoms with Crippen LogP contribution in [0, 0.1) is 0 Å². The van der Waals surface area contributed by atoms with E-state index in [1.165, 1.54) is 0 Å². The van der Waals surface area contributed by atoms with E-state index in [0.717, 1.165) is 25.8 Å². The second-order valence-corrected chi connectivity index (χ2v) is 5.06. The standard InChI is InChI=1S/C15H22N2O3/c1-3-9-16-10-5-6-13(16)15(19)17(12-7-8-12)11-14(18)20-4-2/h5-6,10,12H,3-4,7-9,11H2,1-2H3. The summed E-state index contributed by atoms with van der Waals surface area (Å²) in [5, 5.41) is 0. The largest absolute Gasteiger partial charge is 0.465 e. The maximum Gasteiger partial charge on any atom is 0.325 e. The zero-order valence-electron chi connectivity index (χ0n) is 12.2. The first-order chi connectivity index (χ1) is 9.67. The minimum atomic E-state index is -0.332. The lowest BCUT2D eigenvalue weighted by atomic mass is 10.3. The monoisotopic (exact) mass is 278 g/mol. The summed E-state index contributed by atoms with van der Waals surface area (Å²) >= 11 is 0. The van der Waals surface area contributed by atoms with Crippen LogP contribution in [-0.2, 0) is 16.1 Å². The number of hydrogen-bond acceptors (Lipinski definition) is 3. The Morgan fingerprint density at radius 2 is 2.15 bits per heavy atom. The number of aryl methyl sites for hydroxylation is 1. The summed E-state index contributed by atoms with van der Waals surface area (Å²) in [4.78, 5) is 25.9. The number of aromatic nitrogens is 1. The fraction of sp³-hybridized carbons (Fsp3) is 0.600. The van der Waals surface area contributed by atoms with Crippen LogP contribution in [0.4, 0.5) is 0 Å². The van der Waals surface area contributed by atoms with Crippen molar-refractivity contribution in [3.05, 3.63) is 24.0 Å². The molecule has 5 heteroatoms. The highest BCUT2D eigenvalue weighted by Crippen LogP contribution is 2.28. The number of carbonyl (C=O) groups excluding carboxylic acids is 2. The Balaban J connectivity index is 2.10. The molecule has 1 amide bonds. The first-order valence-corrected chi connectivity index (χ1v) is 7.29. The molecule has 1 heterocycles. The lowest BCUT2D eigenvalue weighted by molar-refractivity contribution is -0.144. The van der Waals surface area contributed by atoms with Crippen LogP contribution in [0.25, 0.3) is 0 Å². The lowest BCUT2D eigenvalue weighted by Crippen LogP contribution is -2.39. The molecular formula is C15H22N2O3. The molecule has 0 saturated heterocycles. The van der Waals surface area contributed by atoms with Gasteiger partial charge in [0.15, 0.2) is 0 Å². The van der Waals surface area contributed by atoms with Gasteiger partial charge in [0.1, 0.15) is 12.2 Å². The first-order valence-electron chi connectivity index (χ1n) is 7.29. The number of ether oxygens (including phenoxy) is 1. The van der Waals surface area contributed by atoms with E-state index in [4.69, 9.17) is 4.74 Å². The highest BCUT2D eigenvalue weighted by atomic mass is 16.5. The molecule has 20 heavy (non-hydrogen) atoms. The molecule has 1 fully saturated rings. The highest BCUT2D eigenvalue weighted by molar-refractivity contribution is 5.95. The molecule has 0 N–H and O–H groups in total. The number of nitrogens with zero attached hydrogens (tertiary/aromatic N) is 2. The van der Waals surface area contributed by atoms with Crippen LogP contribution in [0.1, 0.15) is 43.6 Å². The van der Waals surface area contributed by atoms with Gasteiger partial charge in [0.2, 0.25) is 0 Å². The van der Waals surface area contributed by atoms with Crippen molar-refractivity contribution in [2.24, 2.45) is 0 Å². The summed E-state index contributed by atoms with van der Waals surface area (Å²) in [7, 11) is 0. The molecule has 0 radical (unpaired) electrons. The Kier molecular flexibility index (Phi) is 4.82. The van der Waals surface area contributed by atoms with Crippen molar-refractivity contribution in [1.82, 2.24) is 9.47 Å². The van der Waals surface area contributed by atoms with Gasteiger partial charge in [-0.25, -0.2) is 0 Å². The molecule has 0 spiro atoms. The Hall–Kier alpha value is -1.78. The van der Waals surface area contributed by atoms with Crippen LogP contribution in [0.3, 0.4) is 0 Å². The van der Waals surface area contributed by atoms with Gasteiger partial charge < -0.3 is 14.2 Å². The molecule has 1 aromatic rings. The number of amides is 1. The zero-order chi connectivity index (χ0) is 14.5. The first kappa shape index (κ1) is 14.6. The smallest absolute Gasteiger partial charge is 0.325 e. The maximum atomic E-state index is 12.6. The molecular weight excluding hydrogens is 256 g/mol. The Morgan fingerprint density at radius 1 is 1.40 bits per heavy atom. The predicted octanol–water partition coefficient (Wildman–Crippen LogP) is 2.07. The van der Waals surface area contributed by atoms with E-state index in [1.807, 2.05) is 22.9 Å². The molecule has 2 rings (SSSR count). The topological polar surface area (TPSA) is 51.5 Å². The van der Waals surface area contributed by atoms with E-state index in [9.17, 15) is 9.59 Å². The summed E-state index contributed by atoms with van der Waals surface area (Å²) in [6, 6.07) is 3.88. The van der Waals surface area contributed by atoms with Crippen LogP contribution in [-0.4, -0.2) is 40.5 Å². The fourth-order valence-corrected chi connectivity index (χ4v) is 2.29. The van der Waals surface area contributed by atoms with E-state index >= 15 is 0 Å². The number of carbonyl (C=O) groups is 2. The second-order valence-electron chi connectivity index (χ2n) is 5.06. The van der Waals surface area contributed by atoms with Crippen LogP contribution < -0.4 is 0 Å². The number of rotatable bonds is 7. The van der Waals surface area contributed by atoms with E-state index in [0.29, 0.717) is 12.3 Å². The normalized spacial score (nSPS) is 14.1. The van der Waals surface area contributed by atoms with Crippen molar-refractivity contribution >= 4 is 11.9 Å². The van der Waals surface area contributed by atoms with Gasteiger partial charge in [0.05, 0.1) is 6.61 Å². The van der Waals surface area contributed by atoms with E-state index in [-0.39, 0.29) is 24.5 Å². The quantitative estimate of drug-likeness (QED) is 0.717. The van der Waals surface area contributed by atoms with E-state index < -0.39 is 0 Å². The fourth-order valence-electron chi connectivity index (χ4n) is 2.29. The summed E-state index contributed by atoms with van der Waals surface area (Å²) in [5.74, 6) is -0.402. The third kappa shape index (κ3) is 3.40. The van der Waals surface area contributed by atoms with Crippen LogP contribution in [0.15, 0.2) is 18.3 Å². The van der Waals surface area contributed by atoms with Gasteiger partial charge in [0, 0.05) is 18.8 Å². The minimum Gasteiger partial charge on any atom is -0.465 e. The van der Waals surface area contributed by atoms with Crippen LogP contribution in [0.2, 0.25) is 0 Å². The summed E-state index contributed by atoms with van der Waals surface area (Å²) in [6.45, 7) is 5.05. The van der Waals surface area contributed by atoms with Crippen molar-refractivity contribution in [1.29, 1.82) is 0 Å². The predicted molar refractivity (Wildman–Crippen MR) is 75.4 cm³/mol. The van der Waals surface area contributed by atoms with Gasteiger partial charge in [-0.2, -0.15) is 0 Å². The molecule has 0 atom stereocenters. The molecule has 5 nitrogen and oxygen atoms in total. The molecule has 110 valence electrons. The molecule has 1 aliphatic rings. The van der Waals surface area contributed by atoms with Crippen molar-refractivity contribution in [3.63, 3.8) is 0 Å². The number of hydrogen-bond donors (Lipinski definition) is 0. The molecule has 1 saturated carbocycles. The maximum absolute atomic E-state index is 12.6. The third-order valence-corrected chi connectivity index (χ3v) is 3.37. The molecule has 1 aliphatic carbocycles. The number of esters is 1. The minimum absolute atomic E-state index is 0.0502. The summed E-state index contributed by atoms with van der Waals surface area (Å²) in [6.07, 6.45) is 4.82. The third-order valence-electron chi connectivity index (χ3n) is 3.37. The van der Waals surface area contributed by atoms with Gasteiger partial charge in [-0.3, -0.25) is 9.59 Å². The Labute approximate surface area is 119 Å². The average molecular weight is 278 g/mol. The molecule has 0 bridgehead atoms. The van der Waals surface area contributed by atoms with E-state index in [1.54, 1.807) is 11.8 Å². The van der Waals surface area contributed by atoms with Gasteiger partial charge >= 0.3 is 5.97 Å². The van der Waals surface area contributed by atoms with Crippen molar-refractivity contribution in [2.45, 2.75) is 45.7 Å². The zero-order valence-corrected chi connectivity index (χ0v) is 12.2. The SMILES string of the molecule is CCCn1cccc1C(=O)N(CC(=O)OCC)C1CC1. The van der Waals surface area contributed by atoms with Gasteiger partial charge in [-0.05, 0) is 38.3 Å². The Bertz CT molecular complexity index is 477. The Morgan fingerprint density at radius 3 is 2.75 bits per heavy atom. The highest BCUT2D eigenvalue weighted by Gasteiger charge is 2.35. The molecule has 1 aromatic heterocycles. The van der Waals surface area contributed by atoms with E-state index in [2.05, 4.69) is 6.92 Å². The van der Waals surface area contributed by atoms with Gasteiger partial charge in [-0.1, -0.05) is 6.92 Å². The van der Waals surface area contributed by atoms with Crippen LogP contribution >= 0.6 is 0 Å². The van der Waals surface area contributed by atoms with Crippen molar-refractivity contribution in [3.8, 4) is 0 Å². The van der Waals surface area contributed by atoms with Gasteiger partial charge in [0.25, 0.3) is 5.91 Å². The molecule has 0 unspecified atom stereocenters. The lowest BCUT2D eigenvalue weighted by Gasteiger charge is -2.22.